The van der Waals surface area contributed by atoms with Crippen LogP contribution in [0.2, 0.25) is 0 Å². The number of halogens is 2. The minimum atomic E-state index is -1.33. The number of hydrogen-bond donors (Lipinski definition) is 1. The normalized spacial score (nSPS) is 15.8. The molecule has 0 saturated heterocycles. The maximum Gasteiger partial charge on any atom is 0.135 e. The molecular formula is C17H16F2O2. The van der Waals surface area contributed by atoms with Crippen LogP contribution in [0.3, 0.4) is 0 Å². The standard InChI is InChI=1S/C17H16F2O2/c1-10-2-9-14(18)15(16(10)19)17(20)11-3-5-12(6-4-11)21-13-7-8-13/h2-6,9,13,17,20H,7-8H2,1H3. The number of aliphatic hydroxyl groups is 1. The van der Waals surface area contributed by atoms with Gasteiger partial charge in [-0.15, -0.1) is 0 Å². The van der Waals surface area contributed by atoms with E-state index in [-0.39, 0.29) is 11.7 Å². The van der Waals surface area contributed by atoms with Gasteiger partial charge in [-0.25, -0.2) is 8.78 Å². The second kappa shape index (κ2) is 5.45. The second-order valence-electron chi connectivity index (χ2n) is 5.38. The molecule has 2 nitrogen and oxygen atoms in total. The van der Waals surface area contributed by atoms with Gasteiger partial charge >= 0.3 is 0 Å². The van der Waals surface area contributed by atoms with Crippen LogP contribution in [0.5, 0.6) is 5.75 Å². The van der Waals surface area contributed by atoms with Gasteiger partial charge in [0, 0.05) is 0 Å². The average molecular weight is 290 g/mol. The van der Waals surface area contributed by atoms with E-state index in [0.717, 1.165) is 12.8 Å². The zero-order chi connectivity index (χ0) is 15.0. The van der Waals surface area contributed by atoms with Crippen molar-refractivity contribution >= 4 is 0 Å². The van der Waals surface area contributed by atoms with Crippen molar-refractivity contribution in [2.75, 3.05) is 0 Å². The quantitative estimate of drug-likeness (QED) is 0.925. The zero-order valence-corrected chi connectivity index (χ0v) is 11.6. The lowest BCUT2D eigenvalue weighted by Crippen LogP contribution is -2.07. The summed E-state index contributed by atoms with van der Waals surface area (Å²) in [4.78, 5) is 0. The highest BCUT2D eigenvalue weighted by atomic mass is 19.1. The minimum Gasteiger partial charge on any atom is -0.490 e. The van der Waals surface area contributed by atoms with Crippen molar-refractivity contribution in [3.05, 3.63) is 64.7 Å². The molecule has 1 fully saturated rings. The molecule has 1 N–H and O–H groups in total. The first-order chi connectivity index (χ1) is 10.1. The van der Waals surface area contributed by atoms with E-state index >= 15 is 0 Å². The van der Waals surface area contributed by atoms with Crippen molar-refractivity contribution in [1.82, 2.24) is 0 Å². The topological polar surface area (TPSA) is 29.5 Å². The molecule has 0 heterocycles. The fourth-order valence-corrected chi connectivity index (χ4v) is 2.20. The van der Waals surface area contributed by atoms with Crippen molar-refractivity contribution in [3.63, 3.8) is 0 Å². The molecule has 1 aliphatic carbocycles. The summed E-state index contributed by atoms with van der Waals surface area (Å²) in [5, 5.41) is 10.2. The molecule has 0 radical (unpaired) electrons. The summed E-state index contributed by atoms with van der Waals surface area (Å²) in [5.41, 5.74) is 0.423. The maximum atomic E-state index is 14.0. The fourth-order valence-electron chi connectivity index (χ4n) is 2.20. The van der Waals surface area contributed by atoms with Crippen LogP contribution in [0.15, 0.2) is 36.4 Å². The molecule has 0 aromatic heterocycles. The molecule has 3 rings (SSSR count). The van der Waals surface area contributed by atoms with Crippen molar-refractivity contribution in [1.29, 1.82) is 0 Å². The summed E-state index contributed by atoms with van der Waals surface area (Å²) in [6, 6.07) is 9.20. The predicted molar refractivity (Wildman–Crippen MR) is 75.2 cm³/mol. The van der Waals surface area contributed by atoms with Crippen molar-refractivity contribution in [2.45, 2.75) is 32.0 Å². The summed E-state index contributed by atoms with van der Waals surface area (Å²) >= 11 is 0. The monoisotopic (exact) mass is 290 g/mol. The molecule has 0 bridgehead atoms. The number of hydrogen-bond acceptors (Lipinski definition) is 2. The van der Waals surface area contributed by atoms with Crippen LogP contribution in [0.4, 0.5) is 8.78 Å². The van der Waals surface area contributed by atoms with Gasteiger partial charge in [0.25, 0.3) is 0 Å². The summed E-state index contributed by atoms with van der Waals surface area (Å²) < 4.78 is 33.4. The van der Waals surface area contributed by atoms with Gasteiger partial charge in [0.2, 0.25) is 0 Å². The third kappa shape index (κ3) is 2.90. The molecule has 0 aliphatic heterocycles. The van der Waals surface area contributed by atoms with Gasteiger partial charge in [-0.2, -0.15) is 0 Å². The third-order valence-corrected chi connectivity index (χ3v) is 3.62. The van der Waals surface area contributed by atoms with Gasteiger partial charge in [-0.05, 0) is 49.1 Å². The van der Waals surface area contributed by atoms with Gasteiger partial charge in [-0.1, -0.05) is 18.2 Å². The van der Waals surface area contributed by atoms with Crippen LogP contribution in [-0.2, 0) is 0 Å². The lowest BCUT2D eigenvalue weighted by Gasteiger charge is -2.15. The van der Waals surface area contributed by atoms with E-state index in [2.05, 4.69) is 0 Å². The molecule has 21 heavy (non-hydrogen) atoms. The first kappa shape index (κ1) is 14.0. The number of ether oxygens (including phenoxy) is 1. The number of aryl methyl sites for hydroxylation is 1. The van der Waals surface area contributed by atoms with Crippen LogP contribution >= 0.6 is 0 Å². The van der Waals surface area contributed by atoms with E-state index in [1.807, 2.05) is 0 Å². The third-order valence-electron chi connectivity index (χ3n) is 3.62. The predicted octanol–water partition coefficient (Wildman–Crippen LogP) is 3.90. The van der Waals surface area contributed by atoms with E-state index in [4.69, 9.17) is 4.74 Å². The first-order valence-electron chi connectivity index (χ1n) is 6.95. The molecule has 110 valence electrons. The van der Waals surface area contributed by atoms with E-state index in [1.54, 1.807) is 24.3 Å². The Morgan fingerprint density at radius 2 is 1.76 bits per heavy atom. The Balaban J connectivity index is 1.87. The van der Waals surface area contributed by atoms with Crippen LogP contribution in [0.1, 0.15) is 35.6 Å². The smallest absolute Gasteiger partial charge is 0.135 e. The molecule has 1 saturated carbocycles. The van der Waals surface area contributed by atoms with Gasteiger partial charge in [0.1, 0.15) is 23.5 Å². The van der Waals surface area contributed by atoms with E-state index in [0.29, 0.717) is 16.9 Å². The maximum absolute atomic E-state index is 14.0. The highest BCUT2D eigenvalue weighted by Gasteiger charge is 2.24. The largest absolute Gasteiger partial charge is 0.490 e. The summed E-state index contributed by atoms with van der Waals surface area (Å²) in [5.74, 6) is -0.747. The lowest BCUT2D eigenvalue weighted by atomic mass is 9.98. The van der Waals surface area contributed by atoms with Gasteiger partial charge in [0.15, 0.2) is 0 Å². The molecule has 0 spiro atoms. The summed E-state index contributed by atoms with van der Waals surface area (Å²) in [6.45, 7) is 1.54. The Labute approximate surface area is 122 Å². The summed E-state index contributed by atoms with van der Waals surface area (Å²) in [6.07, 6.45) is 1.07. The van der Waals surface area contributed by atoms with Crippen LogP contribution in [-0.4, -0.2) is 11.2 Å². The van der Waals surface area contributed by atoms with Crippen molar-refractivity contribution in [2.24, 2.45) is 0 Å². The molecule has 4 heteroatoms. The Bertz CT molecular complexity index is 649. The fraction of sp³-hybridized carbons (Fsp3) is 0.294. The number of benzene rings is 2. The average Bonchev–Trinajstić information content (AvgIpc) is 3.28. The van der Waals surface area contributed by atoms with E-state index < -0.39 is 17.7 Å². The minimum absolute atomic E-state index is 0.285. The lowest BCUT2D eigenvalue weighted by molar-refractivity contribution is 0.208. The Kier molecular flexibility index (Phi) is 3.64. The second-order valence-corrected chi connectivity index (χ2v) is 5.38. The van der Waals surface area contributed by atoms with E-state index in [1.165, 1.54) is 19.1 Å². The number of rotatable bonds is 4. The SMILES string of the molecule is Cc1ccc(F)c(C(O)c2ccc(OC3CC3)cc2)c1F. The molecule has 2 aromatic rings. The first-order valence-corrected chi connectivity index (χ1v) is 6.95. The van der Waals surface area contributed by atoms with Gasteiger partial charge < -0.3 is 9.84 Å². The van der Waals surface area contributed by atoms with Crippen LogP contribution < -0.4 is 4.74 Å². The van der Waals surface area contributed by atoms with Crippen LogP contribution in [0, 0.1) is 18.6 Å². The Hall–Kier alpha value is -1.94. The Morgan fingerprint density at radius 1 is 1.10 bits per heavy atom. The molecule has 1 unspecified atom stereocenters. The molecule has 2 aromatic carbocycles. The highest BCUT2D eigenvalue weighted by Crippen LogP contribution is 2.31. The molecular weight excluding hydrogens is 274 g/mol. The molecule has 0 amide bonds. The van der Waals surface area contributed by atoms with Crippen molar-refractivity contribution in [3.8, 4) is 5.75 Å². The highest BCUT2D eigenvalue weighted by molar-refractivity contribution is 5.37. The van der Waals surface area contributed by atoms with Gasteiger partial charge in [0.05, 0.1) is 11.7 Å². The van der Waals surface area contributed by atoms with Crippen LogP contribution in [0.25, 0.3) is 0 Å². The molecule has 1 atom stereocenters. The van der Waals surface area contributed by atoms with Crippen molar-refractivity contribution < 1.29 is 18.6 Å². The van der Waals surface area contributed by atoms with Gasteiger partial charge in [-0.3, -0.25) is 0 Å². The number of aliphatic hydroxyl groups excluding tert-OH is 1. The molecule has 1 aliphatic rings. The van der Waals surface area contributed by atoms with E-state index in [9.17, 15) is 13.9 Å². The zero-order valence-electron chi connectivity index (χ0n) is 11.6. The Morgan fingerprint density at radius 3 is 2.38 bits per heavy atom. The summed E-state index contributed by atoms with van der Waals surface area (Å²) in [7, 11) is 0.